The van der Waals surface area contributed by atoms with E-state index >= 15 is 0 Å². The minimum atomic E-state index is -1.26. The van der Waals surface area contributed by atoms with E-state index in [2.05, 4.69) is 5.32 Å². The Balaban J connectivity index is 2.93. The highest BCUT2D eigenvalue weighted by molar-refractivity contribution is 5.95. The largest absolute Gasteiger partial charge is 0.497 e. The molecule has 0 aliphatic carbocycles. The second kappa shape index (κ2) is 6.78. The molecule has 6 heteroatoms. The molecule has 21 heavy (non-hydrogen) atoms. The van der Waals surface area contributed by atoms with Crippen molar-refractivity contribution in [2.24, 2.45) is 0 Å². The molecule has 1 aromatic rings. The first-order valence-corrected chi connectivity index (χ1v) is 6.30. The molecule has 0 heterocycles. The second-order valence-electron chi connectivity index (χ2n) is 5.27. The van der Waals surface area contributed by atoms with Gasteiger partial charge in [-0.1, -0.05) is 12.1 Å². The molecular formula is C15H19NO5. The lowest BCUT2D eigenvalue weighted by Gasteiger charge is -2.19. The zero-order valence-corrected chi connectivity index (χ0v) is 12.5. The Bertz CT molecular complexity index is 557. The number of rotatable bonds is 4. The van der Waals surface area contributed by atoms with Crippen molar-refractivity contribution >= 4 is 18.1 Å². The number of amides is 1. The maximum atomic E-state index is 11.6. The number of carboxylic acids is 1. The number of hydrogen-bond acceptors (Lipinski definition) is 4. The summed E-state index contributed by atoms with van der Waals surface area (Å²) in [5.74, 6) is -0.672. The molecule has 0 aromatic heterocycles. The third-order valence-corrected chi connectivity index (χ3v) is 2.27. The number of ether oxygens (including phenoxy) is 2. The van der Waals surface area contributed by atoms with E-state index in [-0.39, 0.29) is 5.70 Å². The Hall–Kier alpha value is -2.50. The van der Waals surface area contributed by atoms with Crippen molar-refractivity contribution < 1.29 is 24.2 Å². The van der Waals surface area contributed by atoms with Crippen molar-refractivity contribution in [1.82, 2.24) is 5.32 Å². The zero-order chi connectivity index (χ0) is 16.0. The highest BCUT2D eigenvalue weighted by Gasteiger charge is 2.19. The summed E-state index contributed by atoms with van der Waals surface area (Å²) in [6.45, 7) is 5.08. The molecule has 1 amide bonds. The van der Waals surface area contributed by atoms with Gasteiger partial charge in [-0.15, -0.1) is 0 Å². The van der Waals surface area contributed by atoms with Gasteiger partial charge in [0.2, 0.25) is 0 Å². The van der Waals surface area contributed by atoms with E-state index in [4.69, 9.17) is 14.6 Å². The fourth-order valence-corrected chi connectivity index (χ4v) is 1.46. The lowest BCUT2D eigenvalue weighted by Crippen LogP contribution is -2.34. The summed E-state index contributed by atoms with van der Waals surface area (Å²) in [7, 11) is 1.51. The van der Waals surface area contributed by atoms with Gasteiger partial charge >= 0.3 is 12.1 Å². The smallest absolute Gasteiger partial charge is 0.412 e. The molecule has 0 bridgehead atoms. The van der Waals surface area contributed by atoms with Crippen LogP contribution in [0.25, 0.3) is 6.08 Å². The molecule has 0 aliphatic heterocycles. The van der Waals surface area contributed by atoms with Crippen molar-refractivity contribution in [1.29, 1.82) is 0 Å². The molecule has 0 unspecified atom stereocenters. The van der Waals surface area contributed by atoms with Crippen LogP contribution in [-0.4, -0.2) is 29.9 Å². The van der Waals surface area contributed by atoms with Gasteiger partial charge in [0.15, 0.2) is 0 Å². The maximum Gasteiger partial charge on any atom is 0.412 e. The topological polar surface area (TPSA) is 84.9 Å². The standard InChI is InChI=1S/C15H19NO5/c1-15(2,3)21-14(19)16-12(13(17)18)9-10-6-5-7-11(8-10)20-4/h5-9H,1-4H3,(H,16,19)(H,17,18)/b12-9+. The summed E-state index contributed by atoms with van der Waals surface area (Å²) >= 11 is 0. The van der Waals surface area contributed by atoms with Crippen LogP contribution in [0, 0.1) is 0 Å². The third-order valence-electron chi connectivity index (χ3n) is 2.27. The monoisotopic (exact) mass is 293 g/mol. The van der Waals surface area contributed by atoms with E-state index in [1.807, 2.05) is 0 Å². The molecule has 6 nitrogen and oxygen atoms in total. The number of carbonyl (C=O) groups excluding carboxylic acids is 1. The van der Waals surface area contributed by atoms with Gasteiger partial charge in [0, 0.05) is 0 Å². The lowest BCUT2D eigenvalue weighted by molar-refractivity contribution is -0.133. The predicted molar refractivity (Wildman–Crippen MR) is 78.0 cm³/mol. The molecule has 0 atom stereocenters. The zero-order valence-electron chi connectivity index (χ0n) is 12.5. The summed E-state index contributed by atoms with van der Waals surface area (Å²) in [4.78, 5) is 22.8. The lowest BCUT2D eigenvalue weighted by atomic mass is 10.2. The highest BCUT2D eigenvalue weighted by atomic mass is 16.6. The van der Waals surface area contributed by atoms with Gasteiger partial charge in [0.25, 0.3) is 0 Å². The second-order valence-corrected chi connectivity index (χ2v) is 5.27. The molecular weight excluding hydrogens is 274 g/mol. The minimum absolute atomic E-state index is 0.280. The van der Waals surface area contributed by atoms with Gasteiger partial charge in [0.05, 0.1) is 7.11 Å². The summed E-state index contributed by atoms with van der Waals surface area (Å²) in [5.41, 5.74) is -0.399. The summed E-state index contributed by atoms with van der Waals surface area (Å²) in [6.07, 6.45) is 0.508. The van der Waals surface area contributed by atoms with Crippen LogP contribution in [0.15, 0.2) is 30.0 Å². The first-order valence-electron chi connectivity index (χ1n) is 6.30. The van der Waals surface area contributed by atoms with E-state index < -0.39 is 17.7 Å². The summed E-state index contributed by atoms with van der Waals surface area (Å²) in [5, 5.41) is 11.4. The van der Waals surface area contributed by atoms with Crippen molar-refractivity contribution in [2.75, 3.05) is 7.11 Å². The molecule has 1 aromatic carbocycles. The number of aliphatic carboxylic acids is 1. The van der Waals surface area contributed by atoms with Crippen LogP contribution < -0.4 is 10.1 Å². The average Bonchev–Trinajstić information content (AvgIpc) is 2.36. The summed E-state index contributed by atoms with van der Waals surface area (Å²) < 4.78 is 10.1. The first kappa shape index (κ1) is 16.6. The van der Waals surface area contributed by atoms with Crippen molar-refractivity contribution in [3.05, 3.63) is 35.5 Å². The highest BCUT2D eigenvalue weighted by Crippen LogP contribution is 2.15. The minimum Gasteiger partial charge on any atom is -0.497 e. The van der Waals surface area contributed by atoms with E-state index in [9.17, 15) is 9.59 Å². The fraction of sp³-hybridized carbons (Fsp3) is 0.333. The Kier molecular flexibility index (Phi) is 5.35. The number of benzene rings is 1. The van der Waals surface area contributed by atoms with Gasteiger partial charge in [-0.2, -0.15) is 0 Å². The molecule has 0 aliphatic rings. The van der Waals surface area contributed by atoms with E-state index in [0.717, 1.165) is 0 Å². The van der Waals surface area contributed by atoms with Crippen LogP contribution in [0.1, 0.15) is 26.3 Å². The van der Waals surface area contributed by atoms with Crippen LogP contribution in [0.5, 0.6) is 5.75 Å². The van der Waals surface area contributed by atoms with E-state index in [1.54, 1.807) is 45.0 Å². The van der Waals surface area contributed by atoms with Crippen LogP contribution in [0.2, 0.25) is 0 Å². The van der Waals surface area contributed by atoms with E-state index in [0.29, 0.717) is 11.3 Å². The van der Waals surface area contributed by atoms with Crippen LogP contribution >= 0.6 is 0 Å². The summed E-state index contributed by atoms with van der Waals surface area (Å²) in [6, 6.07) is 6.80. The number of nitrogens with one attached hydrogen (secondary N) is 1. The van der Waals surface area contributed by atoms with Gasteiger partial charge < -0.3 is 14.6 Å². The predicted octanol–water partition coefficient (Wildman–Crippen LogP) is 2.65. The van der Waals surface area contributed by atoms with Gasteiger partial charge in [-0.25, -0.2) is 9.59 Å². The Labute approximate surface area is 123 Å². The van der Waals surface area contributed by atoms with Crippen molar-refractivity contribution in [2.45, 2.75) is 26.4 Å². The SMILES string of the molecule is COc1cccc(/C=C(/NC(=O)OC(C)(C)C)C(=O)O)c1. The van der Waals surface area contributed by atoms with Gasteiger partial charge in [0.1, 0.15) is 17.0 Å². The molecule has 0 spiro atoms. The quantitative estimate of drug-likeness (QED) is 0.834. The Morgan fingerprint density at radius 2 is 1.95 bits per heavy atom. The number of alkyl carbamates (subject to hydrolysis) is 1. The molecule has 2 N–H and O–H groups in total. The molecule has 1 rings (SSSR count). The van der Waals surface area contributed by atoms with Crippen molar-refractivity contribution in [3.8, 4) is 5.75 Å². The molecule has 114 valence electrons. The normalized spacial score (nSPS) is 11.7. The molecule has 0 radical (unpaired) electrons. The first-order chi connectivity index (χ1) is 9.71. The Morgan fingerprint density at radius 1 is 1.29 bits per heavy atom. The molecule has 0 fully saturated rings. The van der Waals surface area contributed by atoms with Gasteiger partial charge in [-0.05, 0) is 44.5 Å². The van der Waals surface area contributed by atoms with E-state index in [1.165, 1.54) is 13.2 Å². The van der Waals surface area contributed by atoms with Crippen molar-refractivity contribution in [3.63, 3.8) is 0 Å². The van der Waals surface area contributed by atoms with Crippen LogP contribution in [-0.2, 0) is 9.53 Å². The molecule has 0 saturated heterocycles. The average molecular weight is 293 g/mol. The number of methoxy groups -OCH3 is 1. The fourth-order valence-electron chi connectivity index (χ4n) is 1.46. The molecule has 0 saturated carbocycles. The number of carboxylic acid groups (broad SMARTS) is 1. The van der Waals surface area contributed by atoms with Crippen LogP contribution in [0.4, 0.5) is 4.79 Å². The van der Waals surface area contributed by atoms with Gasteiger partial charge in [-0.3, -0.25) is 5.32 Å². The Morgan fingerprint density at radius 3 is 2.48 bits per heavy atom. The van der Waals surface area contributed by atoms with Crippen LogP contribution in [0.3, 0.4) is 0 Å². The number of carbonyl (C=O) groups is 2. The number of hydrogen-bond donors (Lipinski definition) is 2. The maximum absolute atomic E-state index is 11.6. The third kappa shape index (κ3) is 5.99.